The molecule has 7 heteroatoms. The normalized spacial score (nSPS) is 11.8. The second-order valence-electron chi connectivity index (χ2n) is 4.32. The molecular weight excluding hydrogens is 273 g/mol. The number of carbonyl (C=O) groups is 2. The van der Waals surface area contributed by atoms with E-state index in [1.165, 1.54) is 0 Å². The molecule has 0 spiro atoms. The van der Waals surface area contributed by atoms with Crippen LogP contribution in [-0.4, -0.2) is 17.9 Å². The summed E-state index contributed by atoms with van der Waals surface area (Å²) in [5.41, 5.74) is -0.509. The van der Waals surface area contributed by atoms with E-state index in [0.717, 1.165) is 6.07 Å². The lowest BCUT2D eigenvalue weighted by Crippen LogP contribution is -2.34. The van der Waals surface area contributed by atoms with E-state index in [4.69, 9.17) is 0 Å². The maximum atomic E-state index is 13.3. The van der Waals surface area contributed by atoms with Crippen molar-refractivity contribution in [1.82, 2.24) is 5.32 Å². The van der Waals surface area contributed by atoms with Crippen LogP contribution < -0.4 is 10.6 Å². The molecule has 0 aliphatic heterocycles. The Morgan fingerprint density at radius 1 is 1.15 bits per heavy atom. The number of anilines is 1. The van der Waals surface area contributed by atoms with Gasteiger partial charge in [-0.05, 0) is 25.5 Å². The van der Waals surface area contributed by atoms with E-state index >= 15 is 0 Å². The van der Waals surface area contributed by atoms with Crippen LogP contribution in [-0.2, 0) is 9.59 Å². The van der Waals surface area contributed by atoms with Gasteiger partial charge in [-0.3, -0.25) is 9.59 Å². The third-order valence-corrected chi connectivity index (χ3v) is 2.65. The Bertz CT molecular complexity index is 521. The lowest BCUT2D eigenvalue weighted by atomic mass is 10.2. The molecule has 110 valence electrons. The van der Waals surface area contributed by atoms with Crippen molar-refractivity contribution in [1.29, 1.82) is 0 Å². The smallest absolute Gasteiger partial charge is 0.233 e. The molecule has 4 nitrogen and oxygen atoms in total. The zero-order valence-corrected chi connectivity index (χ0v) is 11.1. The van der Waals surface area contributed by atoms with Gasteiger partial charge < -0.3 is 10.6 Å². The van der Waals surface area contributed by atoms with E-state index in [1.807, 2.05) is 12.2 Å². The monoisotopic (exact) mass is 288 g/mol. The number of hydrogen-bond donors (Lipinski definition) is 2. The van der Waals surface area contributed by atoms with Crippen molar-refractivity contribution in [2.45, 2.75) is 32.7 Å². The van der Waals surface area contributed by atoms with Gasteiger partial charge in [-0.2, -0.15) is 0 Å². The summed E-state index contributed by atoms with van der Waals surface area (Å²) < 4.78 is 38.9. The minimum absolute atomic E-state index is 0.0877. The van der Waals surface area contributed by atoms with Gasteiger partial charge in [-0.25, -0.2) is 13.2 Å². The van der Waals surface area contributed by atoms with E-state index in [-0.39, 0.29) is 6.04 Å². The molecule has 0 aliphatic carbocycles. The molecule has 0 saturated carbocycles. The molecular formula is C13H15F3N2O2. The summed E-state index contributed by atoms with van der Waals surface area (Å²) in [5, 5.41) is 4.57. The SMILES string of the molecule is CCC(C)NC(=O)CC(=O)Nc1ccc(F)c(F)c1F. The summed E-state index contributed by atoms with van der Waals surface area (Å²) in [6.07, 6.45) is 0.175. The van der Waals surface area contributed by atoms with Crippen LogP contribution in [0.3, 0.4) is 0 Å². The number of benzene rings is 1. The highest BCUT2D eigenvalue weighted by molar-refractivity contribution is 6.03. The zero-order chi connectivity index (χ0) is 15.3. The molecule has 0 aromatic heterocycles. The largest absolute Gasteiger partial charge is 0.353 e. The fourth-order valence-corrected chi connectivity index (χ4v) is 1.39. The Morgan fingerprint density at radius 3 is 2.40 bits per heavy atom. The highest BCUT2D eigenvalue weighted by Crippen LogP contribution is 2.19. The van der Waals surface area contributed by atoms with Crippen molar-refractivity contribution < 1.29 is 22.8 Å². The summed E-state index contributed by atoms with van der Waals surface area (Å²) in [4.78, 5) is 22.9. The summed E-state index contributed by atoms with van der Waals surface area (Å²) in [7, 11) is 0. The Labute approximate surface area is 114 Å². The Balaban J connectivity index is 2.63. The van der Waals surface area contributed by atoms with Gasteiger partial charge in [0.15, 0.2) is 17.5 Å². The molecule has 0 fully saturated rings. The molecule has 1 atom stereocenters. The average molecular weight is 288 g/mol. The second kappa shape index (κ2) is 6.93. The molecule has 2 amide bonds. The first-order chi connectivity index (χ1) is 9.35. The molecule has 1 unspecified atom stereocenters. The highest BCUT2D eigenvalue weighted by Gasteiger charge is 2.17. The highest BCUT2D eigenvalue weighted by atomic mass is 19.2. The van der Waals surface area contributed by atoms with Gasteiger partial charge in [-0.1, -0.05) is 6.92 Å². The van der Waals surface area contributed by atoms with E-state index in [2.05, 4.69) is 5.32 Å². The maximum Gasteiger partial charge on any atom is 0.233 e. The van der Waals surface area contributed by atoms with Gasteiger partial charge >= 0.3 is 0 Å². The lowest BCUT2D eigenvalue weighted by Gasteiger charge is -2.11. The van der Waals surface area contributed by atoms with Crippen LogP contribution in [0.25, 0.3) is 0 Å². The first-order valence-electron chi connectivity index (χ1n) is 6.07. The fourth-order valence-electron chi connectivity index (χ4n) is 1.39. The molecule has 1 aromatic carbocycles. The Kier molecular flexibility index (Phi) is 5.54. The number of halogens is 3. The van der Waals surface area contributed by atoms with Crippen LogP contribution in [0.2, 0.25) is 0 Å². The first kappa shape index (κ1) is 16.0. The van der Waals surface area contributed by atoms with E-state index < -0.39 is 41.4 Å². The fraction of sp³-hybridized carbons (Fsp3) is 0.385. The number of rotatable bonds is 5. The predicted molar refractivity (Wildman–Crippen MR) is 67.5 cm³/mol. The van der Waals surface area contributed by atoms with Crippen molar-refractivity contribution >= 4 is 17.5 Å². The van der Waals surface area contributed by atoms with Gasteiger partial charge in [0.2, 0.25) is 11.8 Å². The molecule has 0 radical (unpaired) electrons. The van der Waals surface area contributed by atoms with Crippen molar-refractivity contribution in [3.05, 3.63) is 29.6 Å². The second-order valence-corrected chi connectivity index (χ2v) is 4.32. The van der Waals surface area contributed by atoms with Gasteiger partial charge in [0, 0.05) is 6.04 Å². The lowest BCUT2D eigenvalue weighted by molar-refractivity contribution is -0.127. The number of nitrogens with one attached hydrogen (secondary N) is 2. The maximum absolute atomic E-state index is 13.3. The van der Waals surface area contributed by atoms with Crippen LogP contribution in [0.15, 0.2) is 12.1 Å². The molecule has 1 rings (SSSR count). The molecule has 0 heterocycles. The summed E-state index contributed by atoms with van der Waals surface area (Å²) in [6, 6.07) is 1.49. The Hall–Kier alpha value is -2.05. The van der Waals surface area contributed by atoms with Gasteiger partial charge in [0.25, 0.3) is 0 Å². The third-order valence-electron chi connectivity index (χ3n) is 2.65. The van der Waals surface area contributed by atoms with Crippen LogP contribution in [0.1, 0.15) is 26.7 Å². The minimum Gasteiger partial charge on any atom is -0.353 e. The molecule has 1 aromatic rings. The van der Waals surface area contributed by atoms with E-state index in [0.29, 0.717) is 12.5 Å². The van der Waals surface area contributed by atoms with E-state index in [1.54, 1.807) is 6.92 Å². The van der Waals surface area contributed by atoms with Crippen LogP contribution >= 0.6 is 0 Å². The minimum atomic E-state index is -1.67. The summed E-state index contributed by atoms with van der Waals surface area (Å²) >= 11 is 0. The topological polar surface area (TPSA) is 58.2 Å². The molecule has 0 aliphatic rings. The summed E-state index contributed by atoms with van der Waals surface area (Å²) in [5.74, 6) is -5.86. The summed E-state index contributed by atoms with van der Waals surface area (Å²) in [6.45, 7) is 3.63. The number of amides is 2. The van der Waals surface area contributed by atoms with E-state index in [9.17, 15) is 22.8 Å². The number of hydrogen-bond acceptors (Lipinski definition) is 2. The first-order valence-corrected chi connectivity index (χ1v) is 6.07. The van der Waals surface area contributed by atoms with Gasteiger partial charge in [-0.15, -0.1) is 0 Å². The third kappa shape index (κ3) is 4.25. The van der Waals surface area contributed by atoms with Crippen molar-refractivity contribution in [2.75, 3.05) is 5.32 Å². The van der Waals surface area contributed by atoms with Crippen LogP contribution in [0, 0.1) is 17.5 Å². The predicted octanol–water partition coefficient (Wildman–Crippen LogP) is 2.35. The molecule has 0 bridgehead atoms. The van der Waals surface area contributed by atoms with Crippen LogP contribution in [0.5, 0.6) is 0 Å². The molecule has 0 saturated heterocycles. The van der Waals surface area contributed by atoms with Crippen molar-refractivity contribution in [3.8, 4) is 0 Å². The van der Waals surface area contributed by atoms with Gasteiger partial charge in [0.05, 0.1) is 5.69 Å². The van der Waals surface area contributed by atoms with Gasteiger partial charge in [0.1, 0.15) is 6.42 Å². The average Bonchev–Trinajstić information content (AvgIpc) is 2.39. The van der Waals surface area contributed by atoms with Crippen molar-refractivity contribution in [2.24, 2.45) is 0 Å². The molecule has 2 N–H and O–H groups in total. The van der Waals surface area contributed by atoms with Crippen LogP contribution in [0.4, 0.5) is 18.9 Å². The standard InChI is InChI=1S/C13H15F3N2O2/c1-3-7(2)17-10(19)6-11(20)18-9-5-4-8(14)12(15)13(9)16/h4-5,7H,3,6H2,1-2H3,(H,17,19)(H,18,20). The Morgan fingerprint density at radius 2 is 1.80 bits per heavy atom. The number of carbonyl (C=O) groups excluding carboxylic acids is 2. The zero-order valence-electron chi connectivity index (χ0n) is 11.1. The molecule has 20 heavy (non-hydrogen) atoms. The van der Waals surface area contributed by atoms with Crippen molar-refractivity contribution in [3.63, 3.8) is 0 Å². The quantitative estimate of drug-likeness (QED) is 0.645.